The van der Waals surface area contributed by atoms with E-state index < -0.39 is 5.60 Å². The lowest BCUT2D eigenvalue weighted by molar-refractivity contribution is 0.0231. The summed E-state index contributed by atoms with van der Waals surface area (Å²) >= 11 is 0. The molecule has 0 spiro atoms. The van der Waals surface area contributed by atoms with Crippen LogP contribution in [0.3, 0.4) is 0 Å². The number of aliphatic hydroxyl groups is 1. The van der Waals surface area contributed by atoms with Crippen LogP contribution in [0.2, 0.25) is 0 Å². The second kappa shape index (κ2) is 8.37. The van der Waals surface area contributed by atoms with Gasteiger partial charge in [-0.05, 0) is 45.4 Å². The topological polar surface area (TPSA) is 50.7 Å². The Labute approximate surface area is 128 Å². The van der Waals surface area contributed by atoms with Gasteiger partial charge in [0.15, 0.2) is 0 Å². The number of methoxy groups -OCH3 is 1. The highest BCUT2D eigenvalue weighted by atomic mass is 16.5. The van der Waals surface area contributed by atoms with Crippen molar-refractivity contribution in [3.05, 3.63) is 29.8 Å². The van der Waals surface area contributed by atoms with E-state index in [1.165, 1.54) is 5.56 Å². The van der Waals surface area contributed by atoms with E-state index in [0.29, 0.717) is 19.6 Å². The van der Waals surface area contributed by atoms with E-state index in [2.05, 4.69) is 24.4 Å². The van der Waals surface area contributed by atoms with Gasteiger partial charge in [0.2, 0.25) is 0 Å². The fraction of sp³-hybridized carbons (Fsp3) is 0.647. The minimum atomic E-state index is -0.759. The van der Waals surface area contributed by atoms with E-state index in [9.17, 15) is 5.11 Å². The molecule has 0 bridgehead atoms. The molecule has 1 rings (SSSR count). The SMILES string of the molecule is COCCC(C)(O)CNC(C)c1ccc(OC(C)C)cc1. The van der Waals surface area contributed by atoms with E-state index in [-0.39, 0.29) is 12.1 Å². The van der Waals surface area contributed by atoms with Gasteiger partial charge in [-0.2, -0.15) is 0 Å². The summed E-state index contributed by atoms with van der Waals surface area (Å²) in [6.07, 6.45) is 0.798. The molecule has 0 saturated heterocycles. The number of nitrogens with one attached hydrogen (secondary N) is 1. The summed E-state index contributed by atoms with van der Waals surface area (Å²) in [5, 5.41) is 13.6. The molecule has 0 aliphatic heterocycles. The van der Waals surface area contributed by atoms with Crippen molar-refractivity contribution in [2.75, 3.05) is 20.3 Å². The van der Waals surface area contributed by atoms with Crippen LogP contribution in [-0.4, -0.2) is 37.1 Å². The van der Waals surface area contributed by atoms with Gasteiger partial charge in [0.25, 0.3) is 0 Å². The third-order valence-corrected chi connectivity index (χ3v) is 3.39. The van der Waals surface area contributed by atoms with Gasteiger partial charge in [-0.1, -0.05) is 12.1 Å². The molecule has 2 atom stereocenters. The number of hydrogen-bond acceptors (Lipinski definition) is 4. The molecule has 2 N–H and O–H groups in total. The van der Waals surface area contributed by atoms with Crippen LogP contribution in [0.1, 0.15) is 45.7 Å². The van der Waals surface area contributed by atoms with Crippen LogP contribution < -0.4 is 10.1 Å². The van der Waals surface area contributed by atoms with E-state index in [4.69, 9.17) is 9.47 Å². The Balaban J connectivity index is 2.49. The Morgan fingerprint density at radius 3 is 2.33 bits per heavy atom. The Kier molecular flexibility index (Phi) is 7.15. The Hall–Kier alpha value is -1.10. The molecule has 120 valence electrons. The van der Waals surface area contributed by atoms with Crippen LogP contribution in [0.25, 0.3) is 0 Å². The number of rotatable bonds is 9. The van der Waals surface area contributed by atoms with Crippen LogP contribution in [0.4, 0.5) is 0 Å². The normalized spacial score (nSPS) is 15.8. The summed E-state index contributed by atoms with van der Waals surface area (Å²) < 4.78 is 10.6. The first kappa shape index (κ1) is 18.0. The van der Waals surface area contributed by atoms with Crippen molar-refractivity contribution < 1.29 is 14.6 Å². The highest BCUT2D eigenvalue weighted by molar-refractivity contribution is 5.29. The van der Waals surface area contributed by atoms with Crippen LogP contribution in [0, 0.1) is 0 Å². The molecule has 2 unspecified atom stereocenters. The van der Waals surface area contributed by atoms with Gasteiger partial charge in [-0.25, -0.2) is 0 Å². The summed E-state index contributed by atoms with van der Waals surface area (Å²) in [7, 11) is 1.65. The first-order chi connectivity index (χ1) is 9.84. The largest absolute Gasteiger partial charge is 0.491 e. The first-order valence-corrected chi connectivity index (χ1v) is 7.55. The van der Waals surface area contributed by atoms with Gasteiger partial charge in [0.05, 0.1) is 11.7 Å². The van der Waals surface area contributed by atoms with Crippen LogP contribution in [0.15, 0.2) is 24.3 Å². The van der Waals surface area contributed by atoms with E-state index in [1.54, 1.807) is 7.11 Å². The fourth-order valence-corrected chi connectivity index (χ4v) is 2.01. The average molecular weight is 295 g/mol. The fourth-order valence-electron chi connectivity index (χ4n) is 2.01. The molecule has 4 nitrogen and oxygen atoms in total. The van der Waals surface area contributed by atoms with Gasteiger partial charge in [0.1, 0.15) is 5.75 Å². The molecule has 0 heterocycles. The van der Waals surface area contributed by atoms with E-state index >= 15 is 0 Å². The zero-order valence-corrected chi connectivity index (χ0v) is 13.8. The lowest BCUT2D eigenvalue weighted by Gasteiger charge is -2.26. The highest BCUT2D eigenvalue weighted by Crippen LogP contribution is 2.19. The molecule has 0 saturated carbocycles. The van der Waals surface area contributed by atoms with Crippen molar-refractivity contribution in [3.8, 4) is 5.75 Å². The Morgan fingerprint density at radius 2 is 1.81 bits per heavy atom. The molecule has 4 heteroatoms. The molecular weight excluding hydrogens is 266 g/mol. The van der Waals surface area contributed by atoms with E-state index in [0.717, 1.165) is 5.75 Å². The summed E-state index contributed by atoms with van der Waals surface area (Å²) in [4.78, 5) is 0. The zero-order valence-electron chi connectivity index (χ0n) is 13.8. The maximum atomic E-state index is 10.2. The van der Waals surface area contributed by atoms with Crippen molar-refractivity contribution >= 4 is 0 Å². The zero-order chi connectivity index (χ0) is 15.9. The van der Waals surface area contributed by atoms with Gasteiger partial charge >= 0.3 is 0 Å². The third kappa shape index (κ3) is 6.93. The lowest BCUT2D eigenvalue weighted by atomic mass is 10.0. The van der Waals surface area contributed by atoms with Crippen LogP contribution in [0.5, 0.6) is 5.75 Å². The first-order valence-electron chi connectivity index (χ1n) is 7.55. The molecule has 0 aromatic heterocycles. The van der Waals surface area contributed by atoms with Gasteiger partial charge in [-0.3, -0.25) is 0 Å². The molecule has 0 aliphatic rings. The third-order valence-electron chi connectivity index (χ3n) is 3.39. The molecule has 21 heavy (non-hydrogen) atoms. The molecule has 0 amide bonds. The molecule has 1 aromatic carbocycles. The highest BCUT2D eigenvalue weighted by Gasteiger charge is 2.20. The predicted octanol–water partition coefficient (Wildman–Crippen LogP) is 2.91. The summed E-state index contributed by atoms with van der Waals surface area (Å²) in [5.41, 5.74) is 0.416. The van der Waals surface area contributed by atoms with Gasteiger partial charge in [0, 0.05) is 32.7 Å². The number of benzene rings is 1. The summed E-state index contributed by atoms with van der Waals surface area (Å²) in [6.45, 7) is 9.03. The number of hydrogen-bond donors (Lipinski definition) is 2. The molecule has 0 fully saturated rings. The Morgan fingerprint density at radius 1 is 1.19 bits per heavy atom. The predicted molar refractivity (Wildman–Crippen MR) is 85.7 cm³/mol. The lowest BCUT2D eigenvalue weighted by Crippen LogP contribution is -2.39. The van der Waals surface area contributed by atoms with Gasteiger partial charge < -0.3 is 19.9 Å². The van der Waals surface area contributed by atoms with Crippen molar-refractivity contribution in [2.24, 2.45) is 0 Å². The second-order valence-corrected chi connectivity index (χ2v) is 6.08. The van der Waals surface area contributed by atoms with Crippen molar-refractivity contribution in [2.45, 2.75) is 51.9 Å². The van der Waals surface area contributed by atoms with Crippen LogP contribution in [-0.2, 0) is 4.74 Å². The average Bonchev–Trinajstić information content (AvgIpc) is 2.43. The minimum absolute atomic E-state index is 0.173. The van der Waals surface area contributed by atoms with E-state index in [1.807, 2.05) is 32.9 Å². The standard InChI is InChI=1S/C17H29NO3/c1-13(2)21-16-8-6-15(7-9-16)14(3)18-12-17(4,19)10-11-20-5/h6-9,13-14,18-19H,10-12H2,1-5H3. The molecular formula is C17H29NO3. The maximum Gasteiger partial charge on any atom is 0.119 e. The molecule has 1 aromatic rings. The van der Waals surface area contributed by atoms with Gasteiger partial charge in [-0.15, -0.1) is 0 Å². The Bertz CT molecular complexity index is 401. The monoisotopic (exact) mass is 295 g/mol. The quantitative estimate of drug-likeness (QED) is 0.735. The van der Waals surface area contributed by atoms with Crippen LogP contribution >= 0.6 is 0 Å². The smallest absolute Gasteiger partial charge is 0.119 e. The maximum absolute atomic E-state index is 10.2. The summed E-state index contributed by atoms with van der Waals surface area (Å²) in [5.74, 6) is 0.882. The second-order valence-electron chi connectivity index (χ2n) is 6.08. The summed E-state index contributed by atoms with van der Waals surface area (Å²) in [6, 6.07) is 8.25. The molecule has 0 radical (unpaired) electrons. The van der Waals surface area contributed by atoms with Crippen molar-refractivity contribution in [1.29, 1.82) is 0 Å². The van der Waals surface area contributed by atoms with Crippen molar-refractivity contribution in [3.63, 3.8) is 0 Å². The number of ether oxygens (including phenoxy) is 2. The minimum Gasteiger partial charge on any atom is -0.491 e. The molecule has 0 aliphatic carbocycles. The van der Waals surface area contributed by atoms with Crippen molar-refractivity contribution in [1.82, 2.24) is 5.32 Å².